The number of hydrogen-bond acceptors (Lipinski definition) is 1. The van der Waals surface area contributed by atoms with Crippen LogP contribution in [-0.4, -0.2) is 6.04 Å². The topological polar surface area (TPSA) is 26.0 Å². The second-order valence-electron chi connectivity index (χ2n) is 5.05. The second kappa shape index (κ2) is 5.64. The van der Waals surface area contributed by atoms with Crippen LogP contribution in [0.4, 0.5) is 0 Å². The fourth-order valence-corrected chi connectivity index (χ4v) is 2.48. The van der Waals surface area contributed by atoms with E-state index in [0.717, 1.165) is 11.8 Å². The Morgan fingerprint density at radius 1 is 1.08 bits per heavy atom. The molecule has 78 valence electrons. The molecule has 0 aromatic heterocycles. The van der Waals surface area contributed by atoms with Crippen molar-refractivity contribution in [2.45, 2.75) is 64.8 Å². The molecule has 1 unspecified atom stereocenters. The molecule has 1 atom stereocenters. The minimum atomic E-state index is 0.470. The maximum absolute atomic E-state index is 6.22. The summed E-state index contributed by atoms with van der Waals surface area (Å²) in [6.07, 6.45) is 9.68. The van der Waals surface area contributed by atoms with E-state index in [1.54, 1.807) is 0 Å². The zero-order chi connectivity index (χ0) is 9.68. The Hall–Kier alpha value is -0.0400. The van der Waals surface area contributed by atoms with Crippen LogP contribution in [0.1, 0.15) is 58.8 Å². The second-order valence-corrected chi connectivity index (χ2v) is 5.05. The Bertz CT molecular complexity index is 123. The predicted octanol–water partition coefficient (Wildman–Crippen LogP) is 3.33. The molecule has 13 heavy (non-hydrogen) atoms. The van der Waals surface area contributed by atoms with Gasteiger partial charge < -0.3 is 5.73 Å². The van der Waals surface area contributed by atoms with Crippen LogP contribution in [0.2, 0.25) is 0 Å². The maximum Gasteiger partial charge on any atom is 0.00695 e. The third-order valence-electron chi connectivity index (χ3n) is 3.25. The van der Waals surface area contributed by atoms with Crippen molar-refractivity contribution in [1.82, 2.24) is 0 Å². The van der Waals surface area contributed by atoms with E-state index in [0.29, 0.717) is 6.04 Å². The first-order valence-electron chi connectivity index (χ1n) is 5.95. The highest BCUT2D eigenvalue weighted by Crippen LogP contribution is 2.26. The van der Waals surface area contributed by atoms with Gasteiger partial charge in [-0.2, -0.15) is 0 Å². The van der Waals surface area contributed by atoms with E-state index in [1.165, 1.54) is 44.9 Å². The van der Waals surface area contributed by atoms with E-state index in [-0.39, 0.29) is 0 Å². The Kier molecular flexibility index (Phi) is 4.79. The van der Waals surface area contributed by atoms with Gasteiger partial charge in [-0.3, -0.25) is 0 Å². The van der Waals surface area contributed by atoms with Gasteiger partial charge >= 0.3 is 0 Å². The zero-order valence-electron chi connectivity index (χ0n) is 9.26. The fourth-order valence-electron chi connectivity index (χ4n) is 2.48. The van der Waals surface area contributed by atoms with E-state index in [2.05, 4.69) is 13.8 Å². The number of rotatable bonds is 3. The van der Waals surface area contributed by atoms with E-state index < -0.39 is 0 Å². The highest BCUT2D eigenvalue weighted by Gasteiger charge is 2.19. The summed E-state index contributed by atoms with van der Waals surface area (Å²) < 4.78 is 0. The predicted molar refractivity (Wildman–Crippen MR) is 58.6 cm³/mol. The highest BCUT2D eigenvalue weighted by molar-refractivity contribution is 4.76. The molecule has 0 radical (unpaired) electrons. The normalized spacial score (nSPS) is 23.1. The van der Waals surface area contributed by atoms with Gasteiger partial charge in [0.1, 0.15) is 0 Å². The van der Waals surface area contributed by atoms with E-state index in [1.807, 2.05) is 0 Å². The van der Waals surface area contributed by atoms with Crippen molar-refractivity contribution >= 4 is 0 Å². The summed E-state index contributed by atoms with van der Waals surface area (Å²) in [4.78, 5) is 0. The monoisotopic (exact) mass is 183 g/mol. The third kappa shape index (κ3) is 4.12. The van der Waals surface area contributed by atoms with Gasteiger partial charge in [-0.1, -0.05) is 39.5 Å². The summed E-state index contributed by atoms with van der Waals surface area (Å²) in [5, 5.41) is 0. The highest BCUT2D eigenvalue weighted by atomic mass is 14.6. The first-order chi connectivity index (χ1) is 6.20. The first-order valence-corrected chi connectivity index (χ1v) is 5.95. The Labute approximate surface area is 83.1 Å². The molecule has 1 aliphatic carbocycles. The third-order valence-corrected chi connectivity index (χ3v) is 3.25. The van der Waals surface area contributed by atoms with Crippen LogP contribution in [0.3, 0.4) is 0 Å². The summed E-state index contributed by atoms with van der Waals surface area (Å²) >= 11 is 0. The van der Waals surface area contributed by atoms with Gasteiger partial charge in [-0.25, -0.2) is 0 Å². The molecule has 0 heterocycles. The zero-order valence-corrected chi connectivity index (χ0v) is 9.26. The molecule has 1 fully saturated rings. The molecule has 0 saturated heterocycles. The SMILES string of the molecule is CC(C)CC(N)C1CCCCCC1. The average Bonchev–Trinajstić information content (AvgIpc) is 2.29. The van der Waals surface area contributed by atoms with Crippen LogP contribution in [0, 0.1) is 11.8 Å². The summed E-state index contributed by atoms with van der Waals surface area (Å²) in [5.74, 6) is 1.59. The number of nitrogens with two attached hydrogens (primary N) is 1. The lowest BCUT2D eigenvalue weighted by atomic mass is 9.87. The van der Waals surface area contributed by atoms with E-state index in [4.69, 9.17) is 5.73 Å². The van der Waals surface area contributed by atoms with Crippen molar-refractivity contribution in [2.75, 3.05) is 0 Å². The Balaban J connectivity index is 2.30. The molecular weight excluding hydrogens is 158 g/mol. The van der Waals surface area contributed by atoms with Crippen LogP contribution in [0.15, 0.2) is 0 Å². The molecule has 1 aliphatic rings. The quantitative estimate of drug-likeness (QED) is 0.667. The molecule has 0 aromatic carbocycles. The summed E-state index contributed by atoms with van der Waals surface area (Å²) in [7, 11) is 0. The van der Waals surface area contributed by atoms with Crippen molar-refractivity contribution in [3.63, 3.8) is 0 Å². The molecule has 1 heteroatoms. The minimum absolute atomic E-state index is 0.470. The lowest BCUT2D eigenvalue weighted by Crippen LogP contribution is -2.31. The molecule has 2 N–H and O–H groups in total. The molecular formula is C12H25N. The van der Waals surface area contributed by atoms with Crippen molar-refractivity contribution in [1.29, 1.82) is 0 Å². The van der Waals surface area contributed by atoms with Gasteiger partial charge in [0.2, 0.25) is 0 Å². The smallest absolute Gasteiger partial charge is 0.00695 e. The first kappa shape index (κ1) is 11.0. The van der Waals surface area contributed by atoms with Crippen molar-refractivity contribution in [2.24, 2.45) is 17.6 Å². The molecule has 0 spiro atoms. The molecule has 0 bridgehead atoms. The molecule has 0 aliphatic heterocycles. The molecule has 0 aromatic rings. The van der Waals surface area contributed by atoms with Crippen LogP contribution >= 0.6 is 0 Å². The van der Waals surface area contributed by atoms with Crippen molar-refractivity contribution in [3.8, 4) is 0 Å². The van der Waals surface area contributed by atoms with Crippen molar-refractivity contribution < 1.29 is 0 Å². The fraction of sp³-hybridized carbons (Fsp3) is 1.00. The largest absolute Gasteiger partial charge is 0.327 e. The van der Waals surface area contributed by atoms with Gasteiger partial charge in [0, 0.05) is 6.04 Å². The lowest BCUT2D eigenvalue weighted by Gasteiger charge is -2.23. The van der Waals surface area contributed by atoms with Gasteiger partial charge in [0.15, 0.2) is 0 Å². The van der Waals surface area contributed by atoms with Gasteiger partial charge in [0.25, 0.3) is 0 Å². The summed E-state index contributed by atoms with van der Waals surface area (Å²) in [6, 6.07) is 0.470. The Morgan fingerprint density at radius 3 is 2.08 bits per heavy atom. The van der Waals surface area contributed by atoms with Crippen LogP contribution in [0.25, 0.3) is 0 Å². The lowest BCUT2D eigenvalue weighted by molar-refractivity contribution is 0.330. The summed E-state index contributed by atoms with van der Waals surface area (Å²) in [6.45, 7) is 4.55. The van der Waals surface area contributed by atoms with Gasteiger partial charge in [-0.05, 0) is 31.1 Å². The molecule has 1 rings (SSSR count). The number of hydrogen-bond donors (Lipinski definition) is 1. The van der Waals surface area contributed by atoms with Crippen LogP contribution in [0.5, 0.6) is 0 Å². The molecule has 1 saturated carbocycles. The van der Waals surface area contributed by atoms with E-state index in [9.17, 15) is 0 Å². The maximum atomic E-state index is 6.22. The molecule has 1 nitrogen and oxygen atoms in total. The minimum Gasteiger partial charge on any atom is -0.327 e. The Morgan fingerprint density at radius 2 is 1.62 bits per heavy atom. The van der Waals surface area contributed by atoms with Gasteiger partial charge in [0.05, 0.1) is 0 Å². The summed E-state index contributed by atoms with van der Waals surface area (Å²) in [5.41, 5.74) is 6.22. The average molecular weight is 183 g/mol. The van der Waals surface area contributed by atoms with Crippen LogP contribution < -0.4 is 5.73 Å². The van der Waals surface area contributed by atoms with E-state index >= 15 is 0 Å². The molecule has 0 amide bonds. The van der Waals surface area contributed by atoms with Gasteiger partial charge in [-0.15, -0.1) is 0 Å². The van der Waals surface area contributed by atoms with Crippen molar-refractivity contribution in [3.05, 3.63) is 0 Å². The standard InChI is InChI=1S/C12H25N/c1-10(2)9-12(13)11-7-5-3-4-6-8-11/h10-12H,3-9,13H2,1-2H3. The van der Waals surface area contributed by atoms with Crippen LogP contribution in [-0.2, 0) is 0 Å².